The molecular formula is C13H18N4O2. The molecule has 0 saturated heterocycles. The maximum Gasteiger partial charge on any atom is 0.252 e. The molecule has 1 aromatic heterocycles. The smallest absolute Gasteiger partial charge is 0.252 e. The standard InChI is InChI=1S/C13H18N4O2/c1-17(13(19)12(18)7-14)5-4-9-2-3-10-11(6-9)16-8-15-10/h2-3,6,8,12,18H,4-5,7,14H2,1H3,(H,15,16). The third-order valence-corrected chi connectivity index (χ3v) is 3.11. The van der Waals surface area contributed by atoms with Gasteiger partial charge < -0.3 is 20.7 Å². The average molecular weight is 262 g/mol. The highest BCUT2D eigenvalue weighted by molar-refractivity contribution is 5.80. The zero-order chi connectivity index (χ0) is 13.8. The molecule has 0 aliphatic carbocycles. The Morgan fingerprint density at radius 3 is 3.11 bits per heavy atom. The van der Waals surface area contributed by atoms with Gasteiger partial charge in [0.1, 0.15) is 6.10 Å². The summed E-state index contributed by atoms with van der Waals surface area (Å²) in [6, 6.07) is 5.94. The van der Waals surface area contributed by atoms with Crippen LogP contribution in [0.2, 0.25) is 0 Å². The number of aromatic nitrogens is 2. The fourth-order valence-electron chi connectivity index (χ4n) is 1.90. The number of hydrogen-bond acceptors (Lipinski definition) is 4. The molecule has 19 heavy (non-hydrogen) atoms. The van der Waals surface area contributed by atoms with E-state index in [0.29, 0.717) is 13.0 Å². The molecule has 4 N–H and O–H groups in total. The van der Waals surface area contributed by atoms with Crippen LogP contribution in [0.25, 0.3) is 11.0 Å². The Kier molecular flexibility index (Phi) is 4.13. The Balaban J connectivity index is 1.96. The minimum atomic E-state index is -1.11. The summed E-state index contributed by atoms with van der Waals surface area (Å²) in [4.78, 5) is 20.3. The molecule has 1 amide bonds. The molecule has 1 heterocycles. The van der Waals surface area contributed by atoms with Gasteiger partial charge in [-0.2, -0.15) is 0 Å². The molecule has 2 aromatic rings. The highest BCUT2D eigenvalue weighted by Gasteiger charge is 2.17. The van der Waals surface area contributed by atoms with Crippen LogP contribution in [0.15, 0.2) is 24.5 Å². The summed E-state index contributed by atoms with van der Waals surface area (Å²) in [5.41, 5.74) is 8.27. The summed E-state index contributed by atoms with van der Waals surface area (Å²) >= 11 is 0. The zero-order valence-corrected chi connectivity index (χ0v) is 10.8. The van der Waals surface area contributed by atoms with Gasteiger partial charge in [-0.1, -0.05) is 6.07 Å². The van der Waals surface area contributed by atoms with Gasteiger partial charge >= 0.3 is 0 Å². The lowest BCUT2D eigenvalue weighted by Crippen LogP contribution is -2.41. The number of imidazole rings is 1. The Morgan fingerprint density at radius 2 is 2.37 bits per heavy atom. The monoisotopic (exact) mass is 262 g/mol. The number of nitrogens with two attached hydrogens (primary N) is 1. The van der Waals surface area contributed by atoms with Crippen LogP contribution in [0, 0.1) is 0 Å². The molecule has 6 heteroatoms. The van der Waals surface area contributed by atoms with Gasteiger partial charge in [-0.15, -0.1) is 0 Å². The van der Waals surface area contributed by atoms with Crippen LogP contribution in [0.1, 0.15) is 5.56 Å². The van der Waals surface area contributed by atoms with Crippen LogP contribution in [-0.4, -0.2) is 52.1 Å². The van der Waals surface area contributed by atoms with E-state index in [1.54, 1.807) is 13.4 Å². The summed E-state index contributed by atoms with van der Waals surface area (Å²) in [6.07, 6.45) is 1.26. The summed E-state index contributed by atoms with van der Waals surface area (Å²) < 4.78 is 0. The number of carbonyl (C=O) groups is 1. The van der Waals surface area contributed by atoms with E-state index in [2.05, 4.69) is 9.97 Å². The lowest BCUT2D eigenvalue weighted by molar-refractivity contribution is -0.138. The fraction of sp³-hybridized carbons (Fsp3) is 0.385. The number of H-pyrrole nitrogens is 1. The van der Waals surface area contributed by atoms with Crippen molar-refractivity contribution in [2.24, 2.45) is 5.73 Å². The predicted molar refractivity (Wildman–Crippen MR) is 72.5 cm³/mol. The zero-order valence-electron chi connectivity index (χ0n) is 10.8. The molecule has 0 fully saturated rings. The number of nitrogens with zero attached hydrogens (tertiary/aromatic N) is 2. The van der Waals surface area contributed by atoms with Crippen LogP contribution in [0.3, 0.4) is 0 Å². The van der Waals surface area contributed by atoms with Gasteiger partial charge in [0.05, 0.1) is 17.4 Å². The van der Waals surface area contributed by atoms with Gasteiger partial charge in [0.25, 0.3) is 5.91 Å². The van der Waals surface area contributed by atoms with Crippen LogP contribution in [0.4, 0.5) is 0 Å². The molecule has 0 bridgehead atoms. The molecule has 1 aromatic carbocycles. The van der Waals surface area contributed by atoms with Crippen molar-refractivity contribution < 1.29 is 9.90 Å². The van der Waals surface area contributed by atoms with E-state index < -0.39 is 6.10 Å². The molecule has 0 saturated carbocycles. The molecule has 0 radical (unpaired) electrons. The minimum absolute atomic E-state index is 0.0523. The van der Waals surface area contributed by atoms with Gasteiger partial charge in [-0.05, 0) is 24.1 Å². The molecule has 0 aliphatic rings. The first-order valence-corrected chi connectivity index (χ1v) is 6.17. The van der Waals surface area contributed by atoms with Crippen molar-refractivity contribution >= 4 is 16.9 Å². The van der Waals surface area contributed by atoms with Crippen molar-refractivity contribution in [3.8, 4) is 0 Å². The third-order valence-electron chi connectivity index (χ3n) is 3.11. The number of benzene rings is 1. The quantitative estimate of drug-likeness (QED) is 0.700. The predicted octanol–water partition coefficient (Wildman–Crippen LogP) is -0.117. The lowest BCUT2D eigenvalue weighted by atomic mass is 10.1. The van der Waals surface area contributed by atoms with Crippen molar-refractivity contribution in [3.63, 3.8) is 0 Å². The highest BCUT2D eigenvalue weighted by Crippen LogP contribution is 2.12. The number of hydrogen-bond donors (Lipinski definition) is 3. The molecule has 1 unspecified atom stereocenters. The number of aromatic amines is 1. The molecule has 6 nitrogen and oxygen atoms in total. The van der Waals surface area contributed by atoms with E-state index in [1.165, 1.54) is 4.90 Å². The first-order chi connectivity index (χ1) is 9.11. The number of fused-ring (bicyclic) bond motifs is 1. The lowest BCUT2D eigenvalue weighted by Gasteiger charge is -2.19. The number of aliphatic hydroxyl groups is 1. The second-order valence-electron chi connectivity index (χ2n) is 4.52. The molecule has 102 valence electrons. The number of carbonyl (C=O) groups excluding carboxylic acids is 1. The summed E-state index contributed by atoms with van der Waals surface area (Å²) in [7, 11) is 1.66. The van der Waals surface area contributed by atoms with Gasteiger partial charge in [-0.3, -0.25) is 4.79 Å². The maximum absolute atomic E-state index is 11.6. The number of aliphatic hydroxyl groups excluding tert-OH is 1. The summed E-state index contributed by atoms with van der Waals surface area (Å²) in [5.74, 6) is -0.342. The second-order valence-corrected chi connectivity index (χ2v) is 4.52. The summed E-state index contributed by atoms with van der Waals surface area (Å²) in [6.45, 7) is 0.485. The van der Waals surface area contributed by atoms with Gasteiger partial charge in [0.15, 0.2) is 0 Å². The van der Waals surface area contributed by atoms with E-state index in [9.17, 15) is 9.90 Å². The van der Waals surface area contributed by atoms with Crippen LogP contribution >= 0.6 is 0 Å². The number of rotatable bonds is 5. The molecule has 0 spiro atoms. The Labute approximate surface area is 111 Å². The first kappa shape index (κ1) is 13.5. The van der Waals surface area contributed by atoms with Crippen molar-refractivity contribution in [1.29, 1.82) is 0 Å². The molecular weight excluding hydrogens is 244 g/mol. The van der Waals surface area contributed by atoms with E-state index in [4.69, 9.17) is 5.73 Å². The van der Waals surface area contributed by atoms with Crippen LogP contribution in [-0.2, 0) is 11.2 Å². The Hall–Kier alpha value is -1.92. The van der Waals surface area contributed by atoms with Gasteiger partial charge in [-0.25, -0.2) is 4.98 Å². The largest absolute Gasteiger partial charge is 0.382 e. The van der Waals surface area contributed by atoms with Crippen molar-refractivity contribution in [2.45, 2.75) is 12.5 Å². The molecule has 1 atom stereocenters. The highest BCUT2D eigenvalue weighted by atomic mass is 16.3. The summed E-state index contributed by atoms with van der Waals surface area (Å²) in [5, 5.41) is 9.38. The molecule has 2 rings (SSSR count). The van der Waals surface area contributed by atoms with Crippen molar-refractivity contribution in [1.82, 2.24) is 14.9 Å². The Morgan fingerprint density at radius 1 is 1.58 bits per heavy atom. The second kappa shape index (κ2) is 5.81. The molecule has 0 aliphatic heterocycles. The number of likely N-dealkylation sites (N-methyl/N-ethyl adjacent to an activating group) is 1. The normalized spacial score (nSPS) is 12.6. The number of nitrogens with one attached hydrogen (secondary N) is 1. The van der Waals surface area contributed by atoms with Crippen LogP contribution < -0.4 is 5.73 Å². The minimum Gasteiger partial charge on any atom is -0.382 e. The van der Waals surface area contributed by atoms with E-state index in [-0.39, 0.29) is 12.5 Å². The topological polar surface area (TPSA) is 95.2 Å². The third kappa shape index (κ3) is 3.10. The Bertz CT molecular complexity index is 567. The number of amides is 1. The van der Waals surface area contributed by atoms with Gasteiger partial charge in [0, 0.05) is 20.1 Å². The van der Waals surface area contributed by atoms with E-state index in [1.807, 2.05) is 18.2 Å². The van der Waals surface area contributed by atoms with E-state index in [0.717, 1.165) is 16.6 Å². The maximum atomic E-state index is 11.6. The van der Waals surface area contributed by atoms with E-state index >= 15 is 0 Å². The fourth-order valence-corrected chi connectivity index (χ4v) is 1.90. The van der Waals surface area contributed by atoms with Gasteiger partial charge in [0.2, 0.25) is 0 Å². The van der Waals surface area contributed by atoms with Crippen LogP contribution in [0.5, 0.6) is 0 Å². The average Bonchev–Trinajstić information content (AvgIpc) is 2.90. The first-order valence-electron chi connectivity index (χ1n) is 6.17. The SMILES string of the molecule is CN(CCc1ccc2nc[nH]c2c1)C(=O)C(O)CN. The van der Waals surface area contributed by atoms with Crippen molar-refractivity contribution in [2.75, 3.05) is 20.1 Å². The van der Waals surface area contributed by atoms with Crippen molar-refractivity contribution in [3.05, 3.63) is 30.1 Å².